The summed E-state index contributed by atoms with van der Waals surface area (Å²) in [7, 11) is -1.60. The quantitative estimate of drug-likeness (QED) is 0.238. The lowest BCUT2D eigenvalue weighted by molar-refractivity contribution is -0.316. The van der Waals surface area contributed by atoms with E-state index < -0.39 is 127 Å². The summed E-state index contributed by atoms with van der Waals surface area (Å²) in [6, 6.07) is -0.759. The van der Waals surface area contributed by atoms with E-state index in [4.69, 9.17) is 43.0 Å². The standard InChI is InChI=1S/C36H65NO13/c1-13-24-36(10,43)29(40)19(4)26(38)17(2)15-35(9,45-12)31(50-33-27(39)23(37)14-18(3)46-33)20(5)28(21(6)32(42)48-24)49-25-16-34(8,44-11)30(41)22(7)47-25/h17-25,27-31,33,39-41,43H,13-16,37H2,1-12H3/t17-,18-,19+,20+,21-,22+,23+,24-,25+,27-,28?,29-,30+,31-,33+,34-,35-,36-/m1/s1/i12D3. The first-order chi connectivity index (χ1) is 24.2. The van der Waals surface area contributed by atoms with Gasteiger partial charge < -0.3 is 59.3 Å². The fraction of sp³-hybridized carbons (Fsp3) is 0.944. The molecule has 50 heavy (non-hydrogen) atoms. The molecule has 3 saturated heterocycles. The predicted octanol–water partition coefficient (Wildman–Crippen LogP) is 1.84. The molecule has 3 aliphatic rings. The zero-order chi connectivity index (χ0) is 40.6. The summed E-state index contributed by atoms with van der Waals surface area (Å²) in [4.78, 5) is 28.2. The van der Waals surface area contributed by atoms with Crippen LogP contribution in [0.4, 0.5) is 0 Å². The van der Waals surface area contributed by atoms with Crippen molar-refractivity contribution in [2.45, 2.75) is 179 Å². The van der Waals surface area contributed by atoms with Crippen molar-refractivity contribution in [1.82, 2.24) is 0 Å². The number of hydrogen-bond acceptors (Lipinski definition) is 14. The van der Waals surface area contributed by atoms with Crippen LogP contribution in [0.5, 0.6) is 0 Å². The van der Waals surface area contributed by atoms with Crippen LogP contribution in [0.25, 0.3) is 0 Å². The molecule has 0 saturated carbocycles. The molecular formula is C36H65NO13. The van der Waals surface area contributed by atoms with Gasteiger partial charge in [0.25, 0.3) is 0 Å². The average molecular weight is 723 g/mol. The average Bonchev–Trinajstić information content (AvgIpc) is 3.05. The first kappa shape index (κ1) is 38.4. The third-order valence-electron chi connectivity index (χ3n) is 11.4. The third-order valence-corrected chi connectivity index (χ3v) is 11.4. The molecule has 0 radical (unpaired) electrons. The highest BCUT2D eigenvalue weighted by molar-refractivity contribution is 5.83. The van der Waals surface area contributed by atoms with Crippen LogP contribution in [0, 0.1) is 23.7 Å². The lowest BCUT2D eigenvalue weighted by atomic mass is 9.74. The number of nitrogens with two attached hydrogens (primary N) is 1. The number of aliphatic hydroxyl groups excluding tert-OH is 3. The van der Waals surface area contributed by atoms with Crippen molar-refractivity contribution < 1.29 is 67.3 Å². The number of cyclic esters (lactones) is 1. The van der Waals surface area contributed by atoms with Crippen LogP contribution in [-0.2, 0) is 42.7 Å². The summed E-state index contributed by atoms with van der Waals surface area (Å²) in [5.41, 5.74) is 1.18. The largest absolute Gasteiger partial charge is 0.459 e. The van der Waals surface area contributed by atoms with Crippen molar-refractivity contribution in [2.75, 3.05) is 14.1 Å². The molecule has 0 aromatic rings. The molecule has 18 atom stereocenters. The number of ketones is 1. The van der Waals surface area contributed by atoms with Gasteiger partial charge in [0, 0.05) is 44.4 Å². The smallest absolute Gasteiger partial charge is 0.311 e. The van der Waals surface area contributed by atoms with Crippen LogP contribution in [0.3, 0.4) is 0 Å². The normalized spacial score (nSPS) is 51.5. The summed E-state index contributed by atoms with van der Waals surface area (Å²) in [6.45, 7) is 15.7. The molecule has 0 aromatic heterocycles. The number of carbonyl (C=O) groups excluding carboxylic acids is 2. The van der Waals surface area contributed by atoms with Gasteiger partial charge in [-0.05, 0) is 60.8 Å². The van der Waals surface area contributed by atoms with Gasteiger partial charge in [-0.15, -0.1) is 0 Å². The zero-order valence-electron chi connectivity index (χ0n) is 34.5. The first-order valence-electron chi connectivity index (χ1n) is 19.4. The number of esters is 1. The summed E-state index contributed by atoms with van der Waals surface area (Å²) < 4.78 is 67.3. The Balaban J connectivity index is 2.29. The van der Waals surface area contributed by atoms with Crippen molar-refractivity contribution in [1.29, 1.82) is 0 Å². The molecular weight excluding hydrogens is 654 g/mol. The molecule has 14 nitrogen and oxygen atoms in total. The van der Waals surface area contributed by atoms with E-state index in [1.807, 2.05) is 0 Å². The van der Waals surface area contributed by atoms with Gasteiger partial charge in [0.1, 0.15) is 29.7 Å². The van der Waals surface area contributed by atoms with Crippen LogP contribution >= 0.6 is 0 Å². The van der Waals surface area contributed by atoms with E-state index >= 15 is 0 Å². The second kappa shape index (κ2) is 16.8. The fourth-order valence-corrected chi connectivity index (χ4v) is 8.03. The first-order valence-corrected chi connectivity index (χ1v) is 17.9. The van der Waals surface area contributed by atoms with E-state index in [1.54, 1.807) is 41.5 Å². The van der Waals surface area contributed by atoms with Crippen LogP contribution in [0.1, 0.15) is 99.0 Å². The molecule has 292 valence electrons. The molecule has 14 heteroatoms. The summed E-state index contributed by atoms with van der Waals surface area (Å²) in [6.07, 6.45) is -11.5. The van der Waals surface area contributed by atoms with Gasteiger partial charge >= 0.3 is 5.97 Å². The topological polar surface area (TPSA) is 206 Å². The molecule has 0 aliphatic carbocycles. The van der Waals surface area contributed by atoms with Crippen molar-refractivity contribution in [3.63, 3.8) is 0 Å². The number of Topliss-reactive ketones (excluding diaryl/α,β-unsaturated/α-hetero) is 1. The van der Waals surface area contributed by atoms with Crippen LogP contribution in [0.15, 0.2) is 0 Å². The van der Waals surface area contributed by atoms with Gasteiger partial charge in [0.15, 0.2) is 12.6 Å². The highest BCUT2D eigenvalue weighted by atomic mass is 16.7. The number of aliphatic hydroxyl groups is 4. The maximum absolute atomic E-state index is 14.2. The second-order valence-electron chi connectivity index (χ2n) is 15.7. The molecule has 3 aliphatic heterocycles. The second-order valence-corrected chi connectivity index (χ2v) is 15.7. The lowest BCUT2D eigenvalue weighted by Crippen LogP contribution is -2.61. The minimum Gasteiger partial charge on any atom is -0.459 e. The van der Waals surface area contributed by atoms with Gasteiger partial charge in [-0.1, -0.05) is 27.7 Å². The SMILES string of the molecule is [2H]C([2H])([2H])O[C@]1(C)C[C@@H](C)C(=O)[C@H](C)[C@@H](O)[C@](C)(O)[C@@H](CC)OC(=O)[C@H](C)C(O[C@H]2C[C@@](C)(OC)[C@@H](O)[C@H](C)O2)[C@H](C)[C@H]1O[C@@H]1O[C@H](C)C[C@H](N)[C@H]1O. The van der Waals surface area contributed by atoms with E-state index in [0.29, 0.717) is 6.42 Å². The van der Waals surface area contributed by atoms with E-state index in [2.05, 4.69) is 0 Å². The van der Waals surface area contributed by atoms with Crippen molar-refractivity contribution in [3.8, 4) is 0 Å². The van der Waals surface area contributed by atoms with Crippen LogP contribution in [-0.4, -0.2) is 131 Å². The van der Waals surface area contributed by atoms with Crippen LogP contribution in [0.2, 0.25) is 0 Å². The molecule has 0 aromatic carbocycles. The van der Waals surface area contributed by atoms with E-state index in [-0.39, 0.29) is 19.3 Å². The molecule has 6 N–H and O–H groups in total. The number of rotatable bonds is 7. The number of methoxy groups -OCH3 is 2. The number of carbonyl (C=O) groups is 2. The Morgan fingerprint density at radius 2 is 1.56 bits per heavy atom. The van der Waals surface area contributed by atoms with Gasteiger partial charge in [0.05, 0.1) is 51.8 Å². The van der Waals surface area contributed by atoms with Crippen molar-refractivity contribution in [3.05, 3.63) is 0 Å². The molecule has 0 bridgehead atoms. The van der Waals surface area contributed by atoms with Crippen LogP contribution < -0.4 is 5.73 Å². The summed E-state index contributed by atoms with van der Waals surface area (Å²) >= 11 is 0. The lowest BCUT2D eigenvalue weighted by Gasteiger charge is -2.49. The maximum Gasteiger partial charge on any atom is 0.311 e. The molecule has 3 rings (SSSR count). The Labute approximate surface area is 301 Å². The number of ether oxygens (including phenoxy) is 7. The summed E-state index contributed by atoms with van der Waals surface area (Å²) in [5, 5.41) is 45.1. The third kappa shape index (κ3) is 8.90. The minimum atomic E-state index is -3.04. The van der Waals surface area contributed by atoms with Gasteiger partial charge in [-0.25, -0.2) is 0 Å². The Bertz CT molecular complexity index is 1240. The summed E-state index contributed by atoms with van der Waals surface area (Å²) in [5.74, 6) is -5.71. The van der Waals surface area contributed by atoms with Crippen molar-refractivity contribution >= 4 is 11.8 Å². The van der Waals surface area contributed by atoms with Gasteiger partial charge in [-0.2, -0.15) is 0 Å². The van der Waals surface area contributed by atoms with E-state index in [1.165, 1.54) is 34.8 Å². The molecule has 0 spiro atoms. The highest BCUT2D eigenvalue weighted by Crippen LogP contribution is 2.41. The molecule has 0 amide bonds. The Hall–Kier alpha value is -1.30. The predicted molar refractivity (Wildman–Crippen MR) is 182 cm³/mol. The maximum atomic E-state index is 14.2. The van der Waals surface area contributed by atoms with E-state index in [9.17, 15) is 30.0 Å². The van der Waals surface area contributed by atoms with Gasteiger partial charge in [0.2, 0.25) is 0 Å². The number of hydrogen-bond donors (Lipinski definition) is 5. The van der Waals surface area contributed by atoms with E-state index in [0.717, 1.165) is 0 Å². The Morgan fingerprint density at radius 3 is 2.14 bits per heavy atom. The monoisotopic (exact) mass is 722 g/mol. The molecule has 3 heterocycles. The Morgan fingerprint density at radius 1 is 0.920 bits per heavy atom. The molecule has 3 fully saturated rings. The highest BCUT2D eigenvalue weighted by Gasteiger charge is 2.53. The molecule has 1 unspecified atom stereocenters. The fourth-order valence-electron chi connectivity index (χ4n) is 8.03. The van der Waals surface area contributed by atoms with Crippen molar-refractivity contribution in [2.24, 2.45) is 29.4 Å². The minimum absolute atomic E-state index is 0.0211. The zero-order valence-corrected chi connectivity index (χ0v) is 31.5. The Kier molecular flexibility index (Phi) is 12.9. The van der Waals surface area contributed by atoms with Gasteiger partial charge in [-0.3, -0.25) is 9.59 Å².